The van der Waals surface area contributed by atoms with Crippen molar-refractivity contribution in [3.05, 3.63) is 47.9 Å². The molecule has 2 heterocycles. The van der Waals surface area contributed by atoms with E-state index >= 15 is 0 Å². The van der Waals surface area contributed by atoms with Gasteiger partial charge in [0.1, 0.15) is 0 Å². The highest BCUT2D eigenvalue weighted by molar-refractivity contribution is 7.90. The van der Waals surface area contributed by atoms with E-state index in [1.807, 2.05) is 17.0 Å². The Balaban J connectivity index is 1.45. The highest BCUT2D eigenvalue weighted by Crippen LogP contribution is 2.15. The monoisotopic (exact) mass is 518 g/mol. The Bertz CT molecular complexity index is 1090. The Morgan fingerprint density at radius 2 is 1.86 bits per heavy atom. The summed E-state index contributed by atoms with van der Waals surface area (Å²) in [5, 5.41) is 3.59. The van der Waals surface area contributed by atoms with Crippen LogP contribution in [0.4, 0.5) is 0 Å². The SMILES string of the molecule is CCCN(CCCCN1CCN(C(=O)c2ccno2)CCC1=O)C(C)Cc1ccc(S(C)(=O)=O)cc1. The van der Waals surface area contributed by atoms with Crippen molar-refractivity contribution in [2.24, 2.45) is 0 Å². The van der Waals surface area contributed by atoms with Crippen LogP contribution in [0.5, 0.6) is 0 Å². The molecule has 0 saturated carbocycles. The first-order valence-corrected chi connectivity index (χ1v) is 14.6. The predicted octanol–water partition coefficient (Wildman–Crippen LogP) is 2.88. The van der Waals surface area contributed by atoms with Crippen molar-refractivity contribution in [1.82, 2.24) is 19.9 Å². The van der Waals surface area contributed by atoms with E-state index in [2.05, 4.69) is 23.9 Å². The lowest BCUT2D eigenvalue weighted by Gasteiger charge is -2.29. The molecule has 9 nitrogen and oxygen atoms in total. The number of unbranched alkanes of at least 4 members (excludes halogenated alkanes) is 1. The van der Waals surface area contributed by atoms with Gasteiger partial charge in [0, 0.05) is 51.0 Å². The molecular formula is C26H38N4O5S. The Hall–Kier alpha value is -2.72. The molecule has 1 aliphatic rings. The second-order valence-corrected chi connectivity index (χ2v) is 11.5. The summed E-state index contributed by atoms with van der Waals surface area (Å²) in [5.74, 6) is 0.0591. The third-order valence-electron chi connectivity index (χ3n) is 6.66. The van der Waals surface area contributed by atoms with Crippen LogP contribution >= 0.6 is 0 Å². The summed E-state index contributed by atoms with van der Waals surface area (Å²) >= 11 is 0. The summed E-state index contributed by atoms with van der Waals surface area (Å²) in [7, 11) is -3.19. The number of hydrogen-bond acceptors (Lipinski definition) is 7. The fourth-order valence-electron chi connectivity index (χ4n) is 4.59. The van der Waals surface area contributed by atoms with Crippen LogP contribution in [0.15, 0.2) is 45.9 Å². The zero-order chi connectivity index (χ0) is 26.1. The van der Waals surface area contributed by atoms with E-state index in [-0.39, 0.29) is 17.6 Å². The van der Waals surface area contributed by atoms with Gasteiger partial charge >= 0.3 is 0 Å². The average Bonchev–Trinajstić information content (AvgIpc) is 3.32. The molecule has 10 heteroatoms. The van der Waals surface area contributed by atoms with Gasteiger partial charge in [-0.05, 0) is 63.4 Å². The summed E-state index contributed by atoms with van der Waals surface area (Å²) in [6.07, 6.45) is 6.76. The highest BCUT2D eigenvalue weighted by Gasteiger charge is 2.26. The number of carbonyl (C=O) groups excluding carboxylic acids is 2. The Kier molecular flexibility index (Phi) is 10.1. The molecule has 0 bridgehead atoms. The number of carbonyl (C=O) groups is 2. The van der Waals surface area contributed by atoms with Gasteiger partial charge in [-0.2, -0.15) is 0 Å². The van der Waals surface area contributed by atoms with E-state index in [1.54, 1.807) is 23.1 Å². The standard InChI is InChI=1S/C26H38N4O5S/c1-4-14-28(21(2)20-22-7-9-23(10-8-22)36(3,33)34)15-5-6-16-29-18-19-30(17-12-25(29)31)26(32)24-11-13-27-35-24/h7-11,13,21H,4-6,12,14-20H2,1-3H3. The number of hydrogen-bond donors (Lipinski definition) is 0. The Morgan fingerprint density at radius 3 is 2.50 bits per heavy atom. The van der Waals surface area contributed by atoms with Crippen LogP contribution < -0.4 is 0 Å². The molecule has 0 radical (unpaired) electrons. The largest absolute Gasteiger partial charge is 0.351 e. The first-order valence-electron chi connectivity index (χ1n) is 12.7. The molecule has 1 unspecified atom stereocenters. The minimum Gasteiger partial charge on any atom is -0.351 e. The summed E-state index contributed by atoms with van der Waals surface area (Å²) in [6.45, 7) is 8.39. The molecule has 1 saturated heterocycles. The van der Waals surface area contributed by atoms with Crippen LogP contribution in [0, 0.1) is 0 Å². The molecule has 2 aromatic rings. The van der Waals surface area contributed by atoms with Gasteiger partial charge in [-0.25, -0.2) is 8.42 Å². The molecule has 3 rings (SSSR count). The van der Waals surface area contributed by atoms with Gasteiger partial charge in [-0.3, -0.25) is 9.59 Å². The number of amides is 2. The van der Waals surface area contributed by atoms with Crippen LogP contribution in [0.1, 0.15) is 55.6 Å². The van der Waals surface area contributed by atoms with Gasteiger partial charge in [0.15, 0.2) is 9.84 Å². The molecule has 36 heavy (non-hydrogen) atoms. The zero-order valence-electron chi connectivity index (χ0n) is 21.6. The molecule has 0 N–H and O–H groups in total. The van der Waals surface area contributed by atoms with Crippen molar-refractivity contribution in [3.8, 4) is 0 Å². The first-order chi connectivity index (χ1) is 17.2. The van der Waals surface area contributed by atoms with Crippen molar-refractivity contribution in [1.29, 1.82) is 0 Å². The van der Waals surface area contributed by atoms with E-state index in [0.717, 1.165) is 44.3 Å². The number of sulfone groups is 1. The van der Waals surface area contributed by atoms with Crippen LogP contribution in [0.25, 0.3) is 0 Å². The van der Waals surface area contributed by atoms with Crippen LogP contribution in [0.3, 0.4) is 0 Å². The number of benzene rings is 1. The second-order valence-electron chi connectivity index (χ2n) is 9.51. The molecular weight excluding hydrogens is 480 g/mol. The summed E-state index contributed by atoms with van der Waals surface area (Å²) < 4.78 is 28.4. The van der Waals surface area contributed by atoms with E-state index in [4.69, 9.17) is 4.52 Å². The van der Waals surface area contributed by atoms with Crippen molar-refractivity contribution in [2.75, 3.05) is 45.5 Å². The lowest BCUT2D eigenvalue weighted by Crippen LogP contribution is -2.37. The van der Waals surface area contributed by atoms with E-state index < -0.39 is 9.84 Å². The highest BCUT2D eigenvalue weighted by atomic mass is 32.2. The van der Waals surface area contributed by atoms with Crippen molar-refractivity contribution < 1.29 is 22.5 Å². The van der Waals surface area contributed by atoms with Gasteiger partial charge in [0.2, 0.25) is 11.7 Å². The second kappa shape index (κ2) is 13.0. The van der Waals surface area contributed by atoms with Gasteiger partial charge in [-0.1, -0.05) is 24.2 Å². The number of aromatic nitrogens is 1. The molecule has 198 valence electrons. The zero-order valence-corrected chi connectivity index (χ0v) is 22.4. The van der Waals surface area contributed by atoms with Crippen LogP contribution in [0.2, 0.25) is 0 Å². The number of rotatable bonds is 12. The minimum absolute atomic E-state index is 0.0826. The smallest absolute Gasteiger partial charge is 0.292 e. The van der Waals surface area contributed by atoms with Gasteiger partial charge in [0.25, 0.3) is 5.91 Å². The Morgan fingerprint density at radius 1 is 1.11 bits per heavy atom. The summed E-state index contributed by atoms with van der Waals surface area (Å²) in [6, 6.07) is 9.03. The lowest BCUT2D eigenvalue weighted by molar-refractivity contribution is -0.130. The third kappa shape index (κ3) is 7.89. The fraction of sp³-hybridized carbons (Fsp3) is 0.577. The maximum atomic E-state index is 12.6. The number of nitrogens with zero attached hydrogens (tertiary/aromatic N) is 4. The van der Waals surface area contributed by atoms with Gasteiger partial charge in [-0.15, -0.1) is 0 Å². The van der Waals surface area contributed by atoms with Crippen molar-refractivity contribution in [3.63, 3.8) is 0 Å². The maximum Gasteiger partial charge on any atom is 0.292 e. The van der Waals surface area contributed by atoms with Crippen LogP contribution in [-0.2, 0) is 21.1 Å². The molecule has 1 aliphatic heterocycles. The van der Waals surface area contributed by atoms with Crippen LogP contribution in [-0.4, -0.2) is 91.7 Å². The molecule has 2 amide bonds. The average molecular weight is 519 g/mol. The third-order valence-corrected chi connectivity index (χ3v) is 7.79. The predicted molar refractivity (Wildman–Crippen MR) is 137 cm³/mol. The fourth-order valence-corrected chi connectivity index (χ4v) is 5.22. The maximum absolute atomic E-state index is 12.6. The summed E-state index contributed by atoms with van der Waals surface area (Å²) in [4.78, 5) is 31.4. The minimum atomic E-state index is -3.19. The lowest BCUT2D eigenvalue weighted by atomic mass is 10.1. The molecule has 1 aromatic carbocycles. The van der Waals surface area contributed by atoms with Crippen molar-refractivity contribution in [2.45, 2.75) is 56.9 Å². The molecule has 1 atom stereocenters. The molecule has 0 spiro atoms. The normalized spacial score (nSPS) is 15.8. The first kappa shape index (κ1) is 27.9. The Labute approximate surface area is 214 Å². The van der Waals surface area contributed by atoms with E-state index in [1.165, 1.54) is 12.5 Å². The van der Waals surface area contributed by atoms with Gasteiger partial charge < -0.3 is 19.2 Å². The quantitative estimate of drug-likeness (QED) is 0.398. The van der Waals surface area contributed by atoms with Gasteiger partial charge in [0.05, 0.1) is 11.1 Å². The molecule has 1 aromatic heterocycles. The van der Waals surface area contributed by atoms with E-state index in [9.17, 15) is 18.0 Å². The summed E-state index contributed by atoms with van der Waals surface area (Å²) in [5.41, 5.74) is 1.12. The topological polar surface area (TPSA) is 104 Å². The molecule has 0 aliphatic carbocycles. The van der Waals surface area contributed by atoms with E-state index in [0.29, 0.717) is 43.5 Å². The molecule has 1 fully saturated rings. The van der Waals surface area contributed by atoms with Crippen molar-refractivity contribution >= 4 is 21.7 Å².